The first kappa shape index (κ1) is 17.7. The Bertz CT molecular complexity index is 898. The lowest BCUT2D eigenvalue weighted by molar-refractivity contribution is -0.115. The summed E-state index contributed by atoms with van der Waals surface area (Å²) in [6.45, 7) is 0. The third kappa shape index (κ3) is 4.13. The van der Waals surface area contributed by atoms with Crippen molar-refractivity contribution in [2.45, 2.75) is 0 Å². The van der Waals surface area contributed by atoms with Crippen molar-refractivity contribution in [2.24, 2.45) is 4.99 Å². The summed E-state index contributed by atoms with van der Waals surface area (Å²) < 4.78 is 18.7. The predicted molar refractivity (Wildman–Crippen MR) is 105 cm³/mol. The van der Waals surface area contributed by atoms with E-state index in [0.29, 0.717) is 25.1 Å². The fraction of sp³-hybridized carbons (Fsp3) is 0.0588. The van der Waals surface area contributed by atoms with E-state index >= 15 is 0 Å². The number of amides is 1. The molecule has 1 aliphatic heterocycles. The number of halogens is 2. The molecule has 25 heavy (non-hydrogen) atoms. The van der Waals surface area contributed by atoms with Crippen LogP contribution in [0.3, 0.4) is 0 Å². The highest BCUT2D eigenvalue weighted by Gasteiger charge is 2.24. The van der Waals surface area contributed by atoms with Crippen LogP contribution in [0.4, 0.5) is 10.1 Å². The number of nitrogens with zero attached hydrogens (tertiary/aromatic N) is 1. The average Bonchev–Trinajstić information content (AvgIpc) is 2.92. The lowest BCUT2D eigenvalue weighted by Crippen LogP contribution is -2.19. The minimum Gasteiger partial charge on any atom is -0.504 e. The number of nitrogens with one attached hydrogen (secondary N) is 1. The van der Waals surface area contributed by atoms with Crippen LogP contribution in [0.2, 0.25) is 0 Å². The maximum atomic E-state index is 12.9. The van der Waals surface area contributed by atoms with E-state index in [1.807, 2.05) is 22.6 Å². The quantitative estimate of drug-likeness (QED) is 0.525. The minimum atomic E-state index is -0.344. The number of benzene rings is 2. The van der Waals surface area contributed by atoms with Crippen molar-refractivity contribution < 1.29 is 19.0 Å². The van der Waals surface area contributed by atoms with Crippen LogP contribution in [0, 0.1) is 9.39 Å². The first-order valence-corrected chi connectivity index (χ1v) is 8.97. The molecule has 128 valence electrons. The topological polar surface area (TPSA) is 70.9 Å². The molecule has 2 N–H and O–H groups in total. The van der Waals surface area contributed by atoms with Crippen LogP contribution in [-0.4, -0.2) is 23.3 Å². The predicted octanol–water partition coefficient (Wildman–Crippen LogP) is 4.04. The Hall–Kier alpha value is -2.07. The number of aromatic hydroxyl groups is 1. The van der Waals surface area contributed by atoms with Crippen molar-refractivity contribution in [1.29, 1.82) is 0 Å². The monoisotopic (exact) mass is 470 g/mol. The van der Waals surface area contributed by atoms with Gasteiger partial charge in [0.05, 0.1) is 21.3 Å². The standard InChI is InChI=1S/C17H12FIN2O3S/c1-24-13-7-9(6-12(19)15(13)22)8-14-16(23)21-17(25-14)20-11-4-2-10(18)3-5-11/h2-8,22H,1H3,(H,20,21,23). The molecule has 8 heteroatoms. The number of phenols is 1. The van der Waals surface area contributed by atoms with Crippen molar-refractivity contribution in [3.8, 4) is 11.5 Å². The highest BCUT2D eigenvalue weighted by atomic mass is 127. The Morgan fingerprint density at radius 2 is 2.04 bits per heavy atom. The second-order valence-electron chi connectivity index (χ2n) is 5.01. The molecule has 1 amide bonds. The van der Waals surface area contributed by atoms with Crippen LogP contribution < -0.4 is 10.1 Å². The number of hydrogen-bond donors (Lipinski definition) is 2. The number of methoxy groups -OCH3 is 1. The zero-order chi connectivity index (χ0) is 18.0. The van der Waals surface area contributed by atoms with Crippen molar-refractivity contribution in [1.82, 2.24) is 5.32 Å². The molecular weight excluding hydrogens is 458 g/mol. The van der Waals surface area contributed by atoms with Gasteiger partial charge in [-0.15, -0.1) is 0 Å². The molecule has 3 rings (SSSR count). The Kier molecular flexibility index (Phi) is 5.28. The maximum absolute atomic E-state index is 12.9. The Balaban J connectivity index is 1.86. The van der Waals surface area contributed by atoms with Gasteiger partial charge < -0.3 is 15.2 Å². The molecule has 2 aromatic carbocycles. The van der Waals surface area contributed by atoms with E-state index in [1.165, 1.54) is 43.1 Å². The van der Waals surface area contributed by atoms with Gasteiger partial charge in [-0.2, -0.15) is 0 Å². The largest absolute Gasteiger partial charge is 0.504 e. The fourth-order valence-electron chi connectivity index (χ4n) is 2.10. The summed E-state index contributed by atoms with van der Waals surface area (Å²) >= 11 is 3.18. The molecule has 0 saturated carbocycles. The second-order valence-corrected chi connectivity index (χ2v) is 7.20. The zero-order valence-corrected chi connectivity index (χ0v) is 15.9. The van der Waals surface area contributed by atoms with Gasteiger partial charge in [-0.25, -0.2) is 9.38 Å². The summed E-state index contributed by atoms with van der Waals surface area (Å²) in [6, 6.07) is 9.07. The third-order valence-electron chi connectivity index (χ3n) is 3.28. The summed E-state index contributed by atoms with van der Waals surface area (Å²) in [7, 11) is 1.46. The highest BCUT2D eigenvalue weighted by molar-refractivity contribution is 14.1. The van der Waals surface area contributed by atoms with Gasteiger partial charge in [0, 0.05) is 0 Å². The molecule has 0 aliphatic carbocycles. The Morgan fingerprint density at radius 3 is 2.72 bits per heavy atom. The van der Waals surface area contributed by atoms with Gasteiger partial charge >= 0.3 is 0 Å². The first-order chi connectivity index (χ1) is 12.0. The van der Waals surface area contributed by atoms with Crippen LogP contribution in [0.1, 0.15) is 5.56 Å². The second kappa shape index (κ2) is 7.44. The van der Waals surface area contributed by atoms with Crippen LogP contribution in [0.25, 0.3) is 6.08 Å². The van der Waals surface area contributed by atoms with E-state index in [-0.39, 0.29) is 17.5 Å². The fourth-order valence-corrected chi connectivity index (χ4v) is 3.56. The van der Waals surface area contributed by atoms with Crippen molar-refractivity contribution >= 4 is 57.2 Å². The van der Waals surface area contributed by atoms with Crippen LogP contribution >= 0.6 is 34.4 Å². The van der Waals surface area contributed by atoms with E-state index in [2.05, 4.69) is 10.3 Å². The number of aliphatic imine (C=N–C) groups is 1. The van der Waals surface area contributed by atoms with E-state index in [1.54, 1.807) is 18.2 Å². The van der Waals surface area contributed by atoms with Crippen molar-refractivity contribution in [3.05, 3.63) is 56.3 Å². The number of phenolic OH excluding ortho intramolecular Hbond substituents is 1. The number of carbonyl (C=O) groups is 1. The molecule has 1 saturated heterocycles. The Labute approximate surface area is 161 Å². The number of amidine groups is 1. The van der Waals surface area contributed by atoms with Crippen molar-refractivity contribution in [3.63, 3.8) is 0 Å². The molecule has 1 aliphatic rings. The normalized spacial score (nSPS) is 17.2. The maximum Gasteiger partial charge on any atom is 0.264 e. The molecule has 0 bridgehead atoms. The van der Waals surface area contributed by atoms with Gasteiger partial charge in [-0.05, 0) is 82.4 Å². The molecule has 0 aromatic heterocycles. The van der Waals surface area contributed by atoms with Crippen molar-refractivity contribution in [2.75, 3.05) is 7.11 Å². The van der Waals surface area contributed by atoms with Gasteiger partial charge in [-0.1, -0.05) is 0 Å². The molecule has 0 unspecified atom stereocenters. The minimum absolute atomic E-state index is 0.0623. The summed E-state index contributed by atoms with van der Waals surface area (Å²) in [6.07, 6.45) is 1.69. The number of thioether (sulfide) groups is 1. The van der Waals surface area contributed by atoms with Crippen LogP contribution in [0.5, 0.6) is 11.5 Å². The zero-order valence-electron chi connectivity index (χ0n) is 12.9. The van der Waals surface area contributed by atoms with E-state index < -0.39 is 0 Å². The molecular formula is C17H12FIN2O3S. The number of carbonyl (C=O) groups excluding carboxylic acids is 1. The molecule has 1 heterocycles. The average molecular weight is 470 g/mol. The summed E-state index contributed by atoms with van der Waals surface area (Å²) in [5.74, 6) is -0.217. The number of ether oxygens (including phenoxy) is 1. The summed E-state index contributed by atoms with van der Waals surface area (Å²) in [5, 5.41) is 13.0. The molecule has 5 nitrogen and oxygen atoms in total. The summed E-state index contributed by atoms with van der Waals surface area (Å²) in [5.41, 5.74) is 1.27. The lowest BCUT2D eigenvalue weighted by Gasteiger charge is -2.06. The van der Waals surface area contributed by atoms with Gasteiger partial charge in [0.1, 0.15) is 5.82 Å². The Morgan fingerprint density at radius 1 is 1.32 bits per heavy atom. The molecule has 0 atom stereocenters. The van der Waals surface area contributed by atoms with E-state index in [4.69, 9.17) is 4.74 Å². The highest BCUT2D eigenvalue weighted by Crippen LogP contribution is 2.35. The third-order valence-corrected chi connectivity index (χ3v) is 5.01. The molecule has 0 spiro atoms. The molecule has 2 aromatic rings. The van der Waals surface area contributed by atoms with Crippen LogP contribution in [-0.2, 0) is 4.79 Å². The van der Waals surface area contributed by atoms with E-state index in [0.717, 1.165) is 5.56 Å². The SMILES string of the molecule is COc1cc(C=C2SC(=Nc3ccc(F)cc3)NC2=O)cc(I)c1O. The van der Waals surface area contributed by atoms with Gasteiger partial charge in [0.15, 0.2) is 16.7 Å². The smallest absolute Gasteiger partial charge is 0.264 e. The molecule has 0 radical (unpaired) electrons. The van der Waals surface area contributed by atoms with Gasteiger partial charge in [0.25, 0.3) is 5.91 Å². The van der Waals surface area contributed by atoms with Gasteiger partial charge in [0.2, 0.25) is 0 Å². The van der Waals surface area contributed by atoms with E-state index in [9.17, 15) is 14.3 Å². The molecule has 1 fully saturated rings. The number of rotatable bonds is 3. The van der Waals surface area contributed by atoms with Crippen LogP contribution in [0.15, 0.2) is 46.3 Å². The lowest BCUT2D eigenvalue weighted by atomic mass is 10.2. The summed E-state index contributed by atoms with van der Waals surface area (Å²) in [4.78, 5) is 16.9. The van der Waals surface area contributed by atoms with Gasteiger partial charge in [-0.3, -0.25) is 4.79 Å². The number of hydrogen-bond acceptors (Lipinski definition) is 5. The first-order valence-electron chi connectivity index (χ1n) is 7.08.